The Bertz CT molecular complexity index is 502. The fourth-order valence-corrected chi connectivity index (χ4v) is 2.34. The maximum Gasteiger partial charge on any atom is 0.0825 e. The van der Waals surface area contributed by atoms with Gasteiger partial charge in [0.15, 0.2) is 0 Å². The van der Waals surface area contributed by atoms with E-state index in [9.17, 15) is 0 Å². The van der Waals surface area contributed by atoms with Crippen LogP contribution in [0.1, 0.15) is 43.5 Å². The number of hydrogen-bond acceptors (Lipinski definition) is 2. The number of aromatic nitrogens is 2. The summed E-state index contributed by atoms with van der Waals surface area (Å²) in [4.78, 5) is 0. The van der Waals surface area contributed by atoms with Crippen molar-refractivity contribution in [2.75, 3.05) is 5.32 Å². The van der Waals surface area contributed by atoms with Crippen LogP contribution in [0, 0.1) is 6.92 Å². The first kappa shape index (κ1) is 13.7. The first-order valence-electron chi connectivity index (χ1n) is 7.02. The van der Waals surface area contributed by atoms with Gasteiger partial charge in [-0.2, -0.15) is 5.10 Å². The summed E-state index contributed by atoms with van der Waals surface area (Å²) >= 11 is 0. The lowest BCUT2D eigenvalue weighted by molar-refractivity contribution is 0.634. The highest BCUT2D eigenvalue weighted by Gasteiger charge is 2.13. The second-order valence-electron chi connectivity index (χ2n) is 5.05. The molecule has 0 aliphatic carbocycles. The zero-order valence-electron chi connectivity index (χ0n) is 12.1. The van der Waals surface area contributed by atoms with Crippen LogP contribution in [0.15, 0.2) is 36.5 Å². The quantitative estimate of drug-likeness (QED) is 0.845. The number of benzene rings is 1. The van der Waals surface area contributed by atoms with E-state index < -0.39 is 0 Å². The fourth-order valence-electron chi connectivity index (χ4n) is 2.34. The molecule has 1 atom stereocenters. The Kier molecular flexibility index (Phi) is 4.61. The van der Waals surface area contributed by atoms with Gasteiger partial charge >= 0.3 is 0 Å². The molecule has 102 valence electrons. The minimum Gasteiger partial charge on any atom is -0.375 e. The number of nitrogens with zero attached hydrogens (tertiary/aromatic N) is 2. The summed E-state index contributed by atoms with van der Waals surface area (Å²) in [5.74, 6) is 0. The van der Waals surface area contributed by atoms with E-state index in [-0.39, 0.29) is 0 Å². The number of rotatable bonds is 6. The lowest BCUT2D eigenvalue weighted by Crippen LogP contribution is -2.11. The standard InChI is InChI=1S/C16H23N3/c1-4-5-11-15(14-9-7-6-8-10-14)17-16-12-19(3)18-13(16)2/h6-10,12,15,17H,4-5,11H2,1-3H3. The van der Waals surface area contributed by atoms with Crippen LogP contribution in [0.25, 0.3) is 0 Å². The predicted octanol–water partition coefficient (Wildman–Crippen LogP) is 4.07. The van der Waals surface area contributed by atoms with Crippen LogP contribution >= 0.6 is 0 Å². The molecule has 2 aromatic rings. The molecule has 0 aliphatic heterocycles. The molecule has 2 rings (SSSR count). The van der Waals surface area contributed by atoms with Crippen LogP contribution in [0.4, 0.5) is 5.69 Å². The monoisotopic (exact) mass is 257 g/mol. The molecular formula is C16H23N3. The number of hydrogen-bond donors (Lipinski definition) is 1. The maximum atomic E-state index is 4.39. The molecule has 0 bridgehead atoms. The molecule has 1 unspecified atom stereocenters. The van der Waals surface area contributed by atoms with Crippen molar-refractivity contribution in [3.05, 3.63) is 47.8 Å². The fraction of sp³-hybridized carbons (Fsp3) is 0.438. The molecule has 19 heavy (non-hydrogen) atoms. The molecule has 0 radical (unpaired) electrons. The molecule has 0 fully saturated rings. The lowest BCUT2D eigenvalue weighted by Gasteiger charge is -2.19. The SMILES string of the molecule is CCCCC(Nc1cn(C)nc1C)c1ccccc1. The van der Waals surface area contributed by atoms with Gasteiger partial charge in [0, 0.05) is 13.2 Å². The lowest BCUT2D eigenvalue weighted by atomic mass is 10.0. The van der Waals surface area contributed by atoms with Crippen LogP contribution in [0.3, 0.4) is 0 Å². The van der Waals surface area contributed by atoms with Gasteiger partial charge in [-0.3, -0.25) is 4.68 Å². The minimum absolute atomic E-state index is 0.365. The third-order valence-electron chi connectivity index (χ3n) is 3.39. The van der Waals surface area contributed by atoms with Gasteiger partial charge in [-0.25, -0.2) is 0 Å². The maximum absolute atomic E-state index is 4.39. The molecule has 3 nitrogen and oxygen atoms in total. The number of unbranched alkanes of at least 4 members (excludes halogenated alkanes) is 1. The molecule has 0 saturated carbocycles. The summed E-state index contributed by atoms with van der Waals surface area (Å²) < 4.78 is 1.86. The van der Waals surface area contributed by atoms with E-state index in [1.54, 1.807) is 0 Å². The zero-order valence-corrected chi connectivity index (χ0v) is 12.1. The van der Waals surface area contributed by atoms with Crippen molar-refractivity contribution in [1.82, 2.24) is 9.78 Å². The van der Waals surface area contributed by atoms with Gasteiger partial charge in [-0.15, -0.1) is 0 Å². The van der Waals surface area contributed by atoms with Crippen molar-refractivity contribution >= 4 is 5.69 Å². The molecular weight excluding hydrogens is 234 g/mol. The van der Waals surface area contributed by atoms with Crippen molar-refractivity contribution in [2.45, 2.75) is 39.2 Å². The van der Waals surface area contributed by atoms with E-state index in [2.05, 4.69) is 53.9 Å². The largest absolute Gasteiger partial charge is 0.375 e. The van der Waals surface area contributed by atoms with Crippen LogP contribution < -0.4 is 5.32 Å². The minimum atomic E-state index is 0.365. The van der Waals surface area contributed by atoms with Gasteiger partial charge in [0.25, 0.3) is 0 Å². The first-order chi connectivity index (χ1) is 9.20. The van der Waals surface area contributed by atoms with E-state index in [4.69, 9.17) is 0 Å². The number of anilines is 1. The third-order valence-corrected chi connectivity index (χ3v) is 3.39. The van der Waals surface area contributed by atoms with E-state index in [0.717, 1.165) is 17.8 Å². The first-order valence-corrected chi connectivity index (χ1v) is 7.02. The summed E-state index contributed by atoms with van der Waals surface area (Å²) in [5.41, 5.74) is 3.53. The van der Waals surface area contributed by atoms with Gasteiger partial charge in [-0.1, -0.05) is 50.1 Å². The molecule has 0 saturated heterocycles. The molecule has 0 spiro atoms. The molecule has 1 aromatic carbocycles. The summed E-state index contributed by atoms with van der Waals surface area (Å²) in [7, 11) is 1.96. The van der Waals surface area contributed by atoms with Crippen molar-refractivity contribution < 1.29 is 0 Å². The Morgan fingerprint density at radius 2 is 2.00 bits per heavy atom. The van der Waals surface area contributed by atoms with Crippen LogP contribution in [-0.4, -0.2) is 9.78 Å². The Hall–Kier alpha value is -1.77. The topological polar surface area (TPSA) is 29.9 Å². The molecule has 1 aromatic heterocycles. The van der Waals surface area contributed by atoms with E-state index in [1.807, 2.05) is 18.7 Å². The second kappa shape index (κ2) is 6.41. The molecule has 0 amide bonds. The van der Waals surface area contributed by atoms with E-state index in [0.29, 0.717) is 6.04 Å². The normalized spacial score (nSPS) is 12.4. The summed E-state index contributed by atoms with van der Waals surface area (Å²) in [5, 5.41) is 8.03. The molecule has 1 N–H and O–H groups in total. The van der Waals surface area contributed by atoms with Crippen molar-refractivity contribution in [3.63, 3.8) is 0 Å². The average Bonchev–Trinajstić information content (AvgIpc) is 2.73. The van der Waals surface area contributed by atoms with E-state index >= 15 is 0 Å². The zero-order chi connectivity index (χ0) is 13.7. The molecule has 1 heterocycles. The van der Waals surface area contributed by atoms with Gasteiger partial charge in [0.2, 0.25) is 0 Å². The smallest absolute Gasteiger partial charge is 0.0825 e. The highest BCUT2D eigenvalue weighted by Crippen LogP contribution is 2.25. The predicted molar refractivity (Wildman–Crippen MR) is 80.3 cm³/mol. The van der Waals surface area contributed by atoms with Crippen LogP contribution in [0.5, 0.6) is 0 Å². The Labute approximate surface area is 115 Å². The second-order valence-corrected chi connectivity index (χ2v) is 5.05. The van der Waals surface area contributed by atoms with Crippen molar-refractivity contribution in [3.8, 4) is 0 Å². The molecule has 3 heteroatoms. The number of nitrogens with one attached hydrogen (secondary N) is 1. The van der Waals surface area contributed by atoms with Crippen LogP contribution in [0.2, 0.25) is 0 Å². The van der Waals surface area contributed by atoms with Crippen molar-refractivity contribution in [2.24, 2.45) is 7.05 Å². The Morgan fingerprint density at radius 1 is 1.26 bits per heavy atom. The Morgan fingerprint density at radius 3 is 2.58 bits per heavy atom. The summed E-state index contributed by atoms with van der Waals surface area (Å²) in [6.45, 7) is 4.28. The van der Waals surface area contributed by atoms with Gasteiger partial charge in [0.1, 0.15) is 0 Å². The van der Waals surface area contributed by atoms with Gasteiger partial charge < -0.3 is 5.32 Å². The highest BCUT2D eigenvalue weighted by atomic mass is 15.3. The van der Waals surface area contributed by atoms with E-state index in [1.165, 1.54) is 18.4 Å². The summed E-state index contributed by atoms with van der Waals surface area (Å²) in [6, 6.07) is 11.0. The summed E-state index contributed by atoms with van der Waals surface area (Å²) in [6.07, 6.45) is 5.65. The third kappa shape index (κ3) is 3.60. The van der Waals surface area contributed by atoms with Crippen LogP contribution in [-0.2, 0) is 7.05 Å². The Balaban J connectivity index is 2.16. The molecule has 0 aliphatic rings. The van der Waals surface area contributed by atoms with Gasteiger partial charge in [-0.05, 0) is 18.9 Å². The average molecular weight is 257 g/mol. The van der Waals surface area contributed by atoms with Gasteiger partial charge in [0.05, 0.1) is 17.4 Å². The number of aryl methyl sites for hydroxylation is 2. The highest BCUT2D eigenvalue weighted by molar-refractivity contribution is 5.47. The van der Waals surface area contributed by atoms with Crippen molar-refractivity contribution in [1.29, 1.82) is 0 Å².